The standard InChI is InChI=1S/C16H28O3/c1-6-13(2)9-7-10-14(3)11-8-12-19-15(17)16(4,5)18/h6,10,13,18H,1,7-9,11-12H2,2-5H3. The second-order valence-electron chi connectivity index (χ2n) is 5.64. The van der Waals surface area contributed by atoms with Gasteiger partial charge in [-0.1, -0.05) is 24.6 Å². The van der Waals surface area contributed by atoms with Gasteiger partial charge in [0.15, 0.2) is 5.60 Å². The Morgan fingerprint density at radius 3 is 2.63 bits per heavy atom. The summed E-state index contributed by atoms with van der Waals surface area (Å²) in [6.07, 6.45) is 8.09. The van der Waals surface area contributed by atoms with Crippen LogP contribution in [-0.2, 0) is 9.53 Å². The molecule has 110 valence electrons. The number of hydrogen-bond acceptors (Lipinski definition) is 3. The van der Waals surface area contributed by atoms with Crippen molar-refractivity contribution in [3.63, 3.8) is 0 Å². The Labute approximate surface area is 117 Å². The summed E-state index contributed by atoms with van der Waals surface area (Å²) in [5, 5.41) is 9.39. The molecule has 0 rings (SSSR count). The molecule has 0 spiro atoms. The van der Waals surface area contributed by atoms with Crippen molar-refractivity contribution >= 4 is 5.97 Å². The summed E-state index contributed by atoms with van der Waals surface area (Å²) < 4.78 is 4.99. The maximum absolute atomic E-state index is 11.3. The Morgan fingerprint density at radius 2 is 2.11 bits per heavy atom. The first-order valence-corrected chi connectivity index (χ1v) is 6.95. The van der Waals surface area contributed by atoms with E-state index < -0.39 is 11.6 Å². The highest BCUT2D eigenvalue weighted by molar-refractivity contribution is 5.78. The zero-order valence-corrected chi connectivity index (χ0v) is 12.7. The first-order chi connectivity index (χ1) is 8.77. The smallest absolute Gasteiger partial charge is 0.337 e. The van der Waals surface area contributed by atoms with E-state index in [4.69, 9.17) is 4.74 Å². The Bertz CT molecular complexity index is 310. The fourth-order valence-corrected chi connectivity index (χ4v) is 1.51. The molecule has 0 aliphatic rings. The molecule has 0 saturated carbocycles. The Hall–Kier alpha value is -1.09. The second kappa shape index (κ2) is 8.92. The summed E-state index contributed by atoms with van der Waals surface area (Å²) in [5.74, 6) is -0.00858. The maximum atomic E-state index is 11.3. The molecule has 1 atom stereocenters. The minimum absolute atomic E-state index is 0.358. The molecule has 0 aromatic rings. The number of carbonyl (C=O) groups is 1. The third-order valence-electron chi connectivity index (χ3n) is 2.97. The van der Waals surface area contributed by atoms with Crippen molar-refractivity contribution in [2.45, 2.75) is 59.0 Å². The molecule has 0 aliphatic carbocycles. The van der Waals surface area contributed by atoms with Crippen LogP contribution in [-0.4, -0.2) is 23.3 Å². The van der Waals surface area contributed by atoms with Crippen LogP contribution in [0.4, 0.5) is 0 Å². The van der Waals surface area contributed by atoms with Crippen LogP contribution >= 0.6 is 0 Å². The van der Waals surface area contributed by atoms with E-state index in [2.05, 4.69) is 26.5 Å². The first kappa shape index (κ1) is 17.9. The highest BCUT2D eigenvalue weighted by Crippen LogP contribution is 2.11. The van der Waals surface area contributed by atoms with Gasteiger partial charge in [-0.2, -0.15) is 0 Å². The number of rotatable bonds is 9. The van der Waals surface area contributed by atoms with Gasteiger partial charge in [0.25, 0.3) is 0 Å². The highest BCUT2D eigenvalue weighted by atomic mass is 16.5. The molecule has 0 aliphatic heterocycles. The zero-order chi connectivity index (χ0) is 14.9. The molecule has 0 fully saturated rings. The summed E-state index contributed by atoms with van der Waals surface area (Å²) >= 11 is 0. The largest absolute Gasteiger partial charge is 0.464 e. The number of carbonyl (C=O) groups excluding carboxylic acids is 1. The van der Waals surface area contributed by atoms with Crippen molar-refractivity contribution in [1.82, 2.24) is 0 Å². The van der Waals surface area contributed by atoms with Crippen LogP contribution in [0.2, 0.25) is 0 Å². The van der Waals surface area contributed by atoms with Crippen molar-refractivity contribution in [1.29, 1.82) is 0 Å². The van der Waals surface area contributed by atoms with Crippen molar-refractivity contribution in [2.24, 2.45) is 5.92 Å². The van der Waals surface area contributed by atoms with Gasteiger partial charge in [-0.15, -0.1) is 6.58 Å². The predicted octanol–water partition coefficient (Wildman–Crippen LogP) is 3.63. The molecule has 0 amide bonds. The van der Waals surface area contributed by atoms with E-state index in [1.165, 1.54) is 19.4 Å². The molecular weight excluding hydrogens is 240 g/mol. The molecule has 19 heavy (non-hydrogen) atoms. The van der Waals surface area contributed by atoms with Crippen LogP contribution in [0.15, 0.2) is 24.3 Å². The number of aliphatic hydroxyl groups is 1. The van der Waals surface area contributed by atoms with Gasteiger partial charge in [0.2, 0.25) is 0 Å². The van der Waals surface area contributed by atoms with Crippen LogP contribution in [0.25, 0.3) is 0 Å². The Balaban J connectivity index is 3.74. The van der Waals surface area contributed by atoms with Gasteiger partial charge in [-0.25, -0.2) is 4.79 Å². The molecule has 3 heteroatoms. The lowest BCUT2D eigenvalue weighted by Crippen LogP contribution is -2.33. The Morgan fingerprint density at radius 1 is 1.47 bits per heavy atom. The average Bonchev–Trinajstić information content (AvgIpc) is 2.32. The molecule has 0 bridgehead atoms. The lowest BCUT2D eigenvalue weighted by atomic mass is 10.0. The third-order valence-corrected chi connectivity index (χ3v) is 2.97. The van der Waals surface area contributed by atoms with E-state index in [1.807, 2.05) is 6.08 Å². The fraction of sp³-hybridized carbons (Fsp3) is 0.688. The average molecular weight is 268 g/mol. The molecule has 0 aromatic carbocycles. The summed E-state index contributed by atoms with van der Waals surface area (Å²) in [6.45, 7) is 11.2. The molecular formula is C16H28O3. The normalized spacial score (nSPS) is 14.1. The van der Waals surface area contributed by atoms with E-state index in [9.17, 15) is 9.90 Å². The van der Waals surface area contributed by atoms with Gasteiger partial charge in [-0.05, 0) is 52.4 Å². The third kappa shape index (κ3) is 9.48. The van der Waals surface area contributed by atoms with E-state index in [0.717, 1.165) is 25.7 Å². The van der Waals surface area contributed by atoms with Crippen LogP contribution in [0.5, 0.6) is 0 Å². The molecule has 0 heterocycles. The minimum Gasteiger partial charge on any atom is -0.464 e. The quantitative estimate of drug-likeness (QED) is 0.394. The molecule has 3 nitrogen and oxygen atoms in total. The van der Waals surface area contributed by atoms with Crippen LogP contribution in [0, 0.1) is 5.92 Å². The monoisotopic (exact) mass is 268 g/mol. The molecule has 1 N–H and O–H groups in total. The highest BCUT2D eigenvalue weighted by Gasteiger charge is 2.25. The molecule has 1 unspecified atom stereocenters. The van der Waals surface area contributed by atoms with Crippen LogP contribution in [0.1, 0.15) is 53.4 Å². The SMILES string of the molecule is C=CC(C)CCC=C(C)CCCOC(=O)C(C)(C)O. The van der Waals surface area contributed by atoms with E-state index >= 15 is 0 Å². The van der Waals surface area contributed by atoms with Gasteiger partial charge in [0.05, 0.1) is 6.61 Å². The summed E-state index contributed by atoms with van der Waals surface area (Å²) in [5.41, 5.74) is -0.0818. The minimum atomic E-state index is -1.40. The zero-order valence-electron chi connectivity index (χ0n) is 12.7. The molecule has 0 saturated heterocycles. The summed E-state index contributed by atoms with van der Waals surface area (Å²) in [4.78, 5) is 11.3. The van der Waals surface area contributed by atoms with Gasteiger partial charge < -0.3 is 9.84 Å². The number of esters is 1. The number of allylic oxidation sites excluding steroid dienone is 3. The van der Waals surface area contributed by atoms with Crippen LogP contribution < -0.4 is 0 Å². The maximum Gasteiger partial charge on any atom is 0.337 e. The van der Waals surface area contributed by atoms with Crippen LogP contribution in [0.3, 0.4) is 0 Å². The first-order valence-electron chi connectivity index (χ1n) is 6.95. The number of ether oxygens (including phenoxy) is 1. The van der Waals surface area contributed by atoms with Gasteiger partial charge in [0, 0.05) is 0 Å². The predicted molar refractivity (Wildman–Crippen MR) is 78.8 cm³/mol. The van der Waals surface area contributed by atoms with E-state index in [1.54, 1.807) is 0 Å². The molecule has 0 radical (unpaired) electrons. The topological polar surface area (TPSA) is 46.5 Å². The van der Waals surface area contributed by atoms with Crippen molar-refractivity contribution in [3.05, 3.63) is 24.3 Å². The lowest BCUT2D eigenvalue weighted by molar-refractivity contribution is -0.161. The number of hydrogen-bond donors (Lipinski definition) is 1. The van der Waals surface area contributed by atoms with Gasteiger partial charge in [0.1, 0.15) is 0 Å². The summed E-state index contributed by atoms with van der Waals surface area (Å²) in [7, 11) is 0. The fourth-order valence-electron chi connectivity index (χ4n) is 1.51. The Kier molecular flexibility index (Phi) is 8.41. The second-order valence-corrected chi connectivity index (χ2v) is 5.64. The van der Waals surface area contributed by atoms with Gasteiger partial charge in [-0.3, -0.25) is 0 Å². The van der Waals surface area contributed by atoms with Crippen molar-refractivity contribution in [2.75, 3.05) is 6.61 Å². The summed E-state index contributed by atoms with van der Waals surface area (Å²) in [6, 6.07) is 0. The molecule has 0 aromatic heterocycles. The van der Waals surface area contributed by atoms with Crippen molar-refractivity contribution in [3.8, 4) is 0 Å². The van der Waals surface area contributed by atoms with Crippen molar-refractivity contribution < 1.29 is 14.6 Å². The van der Waals surface area contributed by atoms with Gasteiger partial charge >= 0.3 is 5.97 Å². The lowest BCUT2D eigenvalue weighted by Gasteiger charge is -2.15. The van der Waals surface area contributed by atoms with E-state index in [-0.39, 0.29) is 0 Å². The van der Waals surface area contributed by atoms with E-state index in [0.29, 0.717) is 12.5 Å².